The molecule has 2 aromatic carbocycles. The highest BCUT2D eigenvalue weighted by molar-refractivity contribution is 6.08. The predicted molar refractivity (Wildman–Crippen MR) is 93.1 cm³/mol. The molecular weight excluding hydrogens is 321 g/mol. The van der Waals surface area contributed by atoms with Crippen LogP contribution in [0.15, 0.2) is 48.5 Å². The number of amides is 3. The largest absolute Gasteiger partial charge is 0.323 e. The van der Waals surface area contributed by atoms with Crippen molar-refractivity contribution in [2.75, 3.05) is 30.4 Å². The number of hydrogen-bond donors (Lipinski definition) is 1. The second-order valence-corrected chi connectivity index (χ2v) is 6.54. The Balaban J connectivity index is 1.58. The van der Waals surface area contributed by atoms with E-state index in [-0.39, 0.29) is 17.6 Å². The molecule has 0 saturated carbocycles. The number of carbonyl (C=O) groups excluding carboxylic acids is 2. The molecule has 3 amide bonds. The molecule has 1 atom stereocenters. The Morgan fingerprint density at radius 2 is 1.88 bits per heavy atom. The first-order chi connectivity index (χ1) is 12.0. The lowest BCUT2D eigenvalue weighted by Crippen LogP contribution is -2.43. The number of benzene rings is 2. The molecule has 0 radical (unpaired) electrons. The summed E-state index contributed by atoms with van der Waals surface area (Å²) >= 11 is 0. The number of carbonyl (C=O) groups is 2. The van der Waals surface area contributed by atoms with Crippen LogP contribution < -0.4 is 10.2 Å². The summed E-state index contributed by atoms with van der Waals surface area (Å²) in [7, 11) is 1.76. The summed E-state index contributed by atoms with van der Waals surface area (Å²) < 4.78 is 13.7. The number of para-hydroxylation sites is 2. The average Bonchev–Trinajstić information content (AvgIpc) is 3.16. The highest BCUT2D eigenvalue weighted by Crippen LogP contribution is 2.46. The maximum Gasteiger partial charge on any atom is 0.321 e. The summed E-state index contributed by atoms with van der Waals surface area (Å²) in [5, 5.41) is 2.60. The van der Waals surface area contributed by atoms with Crippen LogP contribution in [0.1, 0.15) is 12.0 Å². The topological polar surface area (TPSA) is 52.7 Å². The van der Waals surface area contributed by atoms with Gasteiger partial charge >= 0.3 is 6.03 Å². The molecule has 2 aliphatic heterocycles. The second kappa shape index (κ2) is 5.58. The van der Waals surface area contributed by atoms with Crippen LogP contribution in [0.3, 0.4) is 0 Å². The first-order valence-corrected chi connectivity index (χ1v) is 8.21. The zero-order valence-electron chi connectivity index (χ0n) is 13.8. The molecule has 2 aromatic rings. The normalized spacial score (nSPS) is 21.8. The van der Waals surface area contributed by atoms with E-state index in [1.165, 1.54) is 12.1 Å². The average molecular weight is 339 g/mol. The fourth-order valence-electron chi connectivity index (χ4n) is 3.85. The number of nitrogens with one attached hydrogen (secondary N) is 1. The van der Waals surface area contributed by atoms with Crippen LogP contribution >= 0.6 is 0 Å². The molecule has 128 valence electrons. The molecule has 6 heteroatoms. The van der Waals surface area contributed by atoms with Crippen LogP contribution in [-0.2, 0) is 10.2 Å². The standard InChI is InChI=1S/C19H18FN3O2/c1-22-16-9-5-2-6-13(16)19(17(22)24)10-11-23(12-19)18(25)21-15-8-4-3-7-14(15)20/h2-9H,10-12H2,1H3,(H,21,25)/t19-/m1/s1. The van der Waals surface area contributed by atoms with E-state index in [4.69, 9.17) is 0 Å². The third kappa shape index (κ3) is 2.28. The van der Waals surface area contributed by atoms with E-state index >= 15 is 0 Å². The van der Waals surface area contributed by atoms with Crippen LogP contribution in [0.4, 0.5) is 20.6 Å². The van der Waals surface area contributed by atoms with Gasteiger partial charge in [0.2, 0.25) is 5.91 Å². The van der Waals surface area contributed by atoms with Crippen LogP contribution in [0.5, 0.6) is 0 Å². The lowest BCUT2D eigenvalue weighted by atomic mass is 9.81. The van der Waals surface area contributed by atoms with Crippen molar-refractivity contribution in [1.82, 2.24) is 4.90 Å². The van der Waals surface area contributed by atoms with Crippen molar-refractivity contribution in [1.29, 1.82) is 0 Å². The quantitative estimate of drug-likeness (QED) is 0.868. The van der Waals surface area contributed by atoms with Crippen molar-refractivity contribution in [2.24, 2.45) is 0 Å². The summed E-state index contributed by atoms with van der Waals surface area (Å²) in [4.78, 5) is 28.6. The SMILES string of the molecule is CN1C(=O)[C@@]2(CCN(C(=O)Nc3ccccc3F)C2)c2ccccc21. The summed E-state index contributed by atoms with van der Waals surface area (Å²) in [6.45, 7) is 0.752. The Kier molecular flexibility index (Phi) is 3.49. The zero-order valence-corrected chi connectivity index (χ0v) is 13.8. The molecule has 1 spiro atoms. The number of likely N-dealkylation sites (tertiary alicyclic amines) is 1. The summed E-state index contributed by atoms with van der Waals surface area (Å²) in [6, 6.07) is 13.3. The molecule has 2 aliphatic rings. The lowest BCUT2D eigenvalue weighted by Gasteiger charge is -2.23. The third-order valence-electron chi connectivity index (χ3n) is 5.17. The van der Waals surface area contributed by atoms with Crippen molar-refractivity contribution in [3.63, 3.8) is 0 Å². The van der Waals surface area contributed by atoms with Gasteiger partial charge in [0.05, 0.1) is 11.1 Å². The first kappa shape index (κ1) is 15.6. The smallest absolute Gasteiger partial charge is 0.321 e. The maximum absolute atomic E-state index is 13.7. The Morgan fingerprint density at radius 3 is 2.68 bits per heavy atom. The second-order valence-electron chi connectivity index (χ2n) is 6.54. The van der Waals surface area contributed by atoms with Gasteiger partial charge in [-0.15, -0.1) is 0 Å². The minimum atomic E-state index is -0.697. The summed E-state index contributed by atoms with van der Waals surface area (Å²) in [5.74, 6) is -0.471. The van der Waals surface area contributed by atoms with E-state index in [1.807, 2.05) is 24.3 Å². The van der Waals surface area contributed by atoms with Crippen molar-refractivity contribution in [2.45, 2.75) is 11.8 Å². The van der Waals surface area contributed by atoms with Gasteiger partial charge in [0.25, 0.3) is 0 Å². The highest BCUT2D eigenvalue weighted by atomic mass is 19.1. The van der Waals surface area contributed by atoms with Gasteiger partial charge < -0.3 is 15.1 Å². The number of fused-ring (bicyclic) bond motifs is 2. The van der Waals surface area contributed by atoms with Gasteiger partial charge in [-0.1, -0.05) is 30.3 Å². The zero-order chi connectivity index (χ0) is 17.6. The van der Waals surface area contributed by atoms with Crippen molar-refractivity contribution in [3.05, 3.63) is 59.9 Å². The van der Waals surface area contributed by atoms with Crippen molar-refractivity contribution in [3.8, 4) is 0 Å². The number of rotatable bonds is 1. The number of hydrogen-bond acceptors (Lipinski definition) is 2. The van der Waals surface area contributed by atoms with E-state index < -0.39 is 11.2 Å². The molecule has 1 saturated heterocycles. The molecule has 1 N–H and O–H groups in total. The van der Waals surface area contributed by atoms with Crippen LogP contribution in [-0.4, -0.2) is 37.0 Å². The number of nitrogens with zero attached hydrogens (tertiary/aromatic N) is 2. The minimum absolute atomic E-state index is 0.00916. The predicted octanol–water partition coefficient (Wildman–Crippen LogP) is 2.98. The van der Waals surface area contributed by atoms with Crippen LogP contribution in [0.25, 0.3) is 0 Å². The van der Waals surface area contributed by atoms with Crippen LogP contribution in [0.2, 0.25) is 0 Å². The van der Waals surface area contributed by atoms with Gasteiger partial charge in [0.15, 0.2) is 0 Å². The van der Waals surface area contributed by atoms with Crippen molar-refractivity contribution >= 4 is 23.3 Å². The molecule has 0 bridgehead atoms. The molecular formula is C19H18FN3O2. The number of urea groups is 1. The maximum atomic E-state index is 13.7. The molecule has 1 fully saturated rings. The van der Waals surface area contributed by atoms with E-state index in [1.54, 1.807) is 29.0 Å². The lowest BCUT2D eigenvalue weighted by molar-refractivity contribution is -0.122. The molecule has 5 nitrogen and oxygen atoms in total. The molecule has 4 rings (SSSR count). The van der Waals surface area contributed by atoms with Gasteiger partial charge in [0.1, 0.15) is 5.82 Å². The Morgan fingerprint density at radius 1 is 1.16 bits per heavy atom. The molecule has 0 unspecified atom stereocenters. The fourth-order valence-corrected chi connectivity index (χ4v) is 3.85. The monoisotopic (exact) mass is 339 g/mol. The van der Waals surface area contributed by atoms with Crippen LogP contribution in [0, 0.1) is 5.82 Å². The van der Waals surface area contributed by atoms with E-state index in [0.717, 1.165) is 11.3 Å². The van der Waals surface area contributed by atoms with E-state index in [2.05, 4.69) is 5.32 Å². The van der Waals surface area contributed by atoms with Gasteiger partial charge in [-0.2, -0.15) is 0 Å². The Bertz CT molecular complexity index is 869. The van der Waals surface area contributed by atoms with E-state index in [0.29, 0.717) is 19.5 Å². The van der Waals surface area contributed by atoms with E-state index in [9.17, 15) is 14.0 Å². The Labute approximate surface area is 145 Å². The van der Waals surface area contributed by atoms with Crippen molar-refractivity contribution < 1.29 is 14.0 Å². The summed E-state index contributed by atoms with van der Waals surface area (Å²) in [5.41, 5.74) is 1.30. The number of likely N-dealkylation sites (N-methyl/N-ethyl adjacent to an activating group) is 1. The molecule has 2 heterocycles. The van der Waals surface area contributed by atoms with Gasteiger partial charge in [-0.25, -0.2) is 9.18 Å². The molecule has 25 heavy (non-hydrogen) atoms. The minimum Gasteiger partial charge on any atom is -0.323 e. The number of anilines is 2. The summed E-state index contributed by atoms with van der Waals surface area (Å²) in [6.07, 6.45) is 0.567. The van der Waals surface area contributed by atoms with Gasteiger partial charge in [-0.05, 0) is 30.2 Å². The van der Waals surface area contributed by atoms with Gasteiger partial charge in [0, 0.05) is 25.8 Å². The van der Waals surface area contributed by atoms with Gasteiger partial charge in [-0.3, -0.25) is 4.79 Å². The number of halogens is 1. The molecule has 0 aliphatic carbocycles. The first-order valence-electron chi connectivity index (χ1n) is 8.21. The third-order valence-corrected chi connectivity index (χ3v) is 5.17. The fraction of sp³-hybridized carbons (Fsp3) is 0.263. The Hall–Kier alpha value is -2.89. The molecule has 0 aromatic heterocycles. The highest BCUT2D eigenvalue weighted by Gasteiger charge is 2.54.